The minimum atomic E-state index is -3.55. The average molecular weight is 764 g/mol. The predicted octanol–water partition coefficient (Wildman–Crippen LogP) is 2.08. The zero-order valence-corrected chi connectivity index (χ0v) is 31.2. The largest absolute Gasteiger partial charge is 0.394 e. The SMILES string of the molecule is C[C@@H]1[C@@H]([Si](C)(C)F)[C@H](CC(=O)N2Cc3ccccc3C[C@H]2CO)O[C@@]12C(=O)N(Cc1ccc(NC(=O)[C@H]3O[C@@H](O)[C@H](O)[C@@H](O)[C@@H]3O)cc1)c1ccccc12. The van der Waals surface area contributed by atoms with Crippen molar-refractivity contribution < 1.29 is 53.5 Å². The Morgan fingerprint density at radius 2 is 1.61 bits per heavy atom. The van der Waals surface area contributed by atoms with Crippen molar-refractivity contribution in [2.24, 2.45) is 5.92 Å². The summed E-state index contributed by atoms with van der Waals surface area (Å²) in [7, 11) is -3.55. The first kappa shape index (κ1) is 38.2. The van der Waals surface area contributed by atoms with E-state index in [1.165, 1.54) is 0 Å². The Hall–Kier alpha value is -4.06. The van der Waals surface area contributed by atoms with Crippen LogP contribution in [0.4, 0.5) is 15.5 Å². The summed E-state index contributed by atoms with van der Waals surface area (Å²) in [4.78, 5) is 44.9. The van der Waals surface area contributed by atoms with Crippen LogP contribution in [0, 0.1) is 5.92 Å². The lowest BCUT2D eigenvalue weighted by molar-refractivity contribution is -0.274. The third-order valence-corrected chi connectivity index (χ3v) is 14.0. The Morgan fingerprint density at radius 3 is 2.30 bits per heavy atom. The second-order valence-electron chi connectivity index (χ2n) is 15.3. The zero-order chi connectivity index (χ0) is 38.7. The molecule has 2 saturated heterocycles. The van der Waals surface area contributed by atoms with E-state index in [1.54, 1.807) is 59.3 Å². The molecule has 1 spiro atoms. The van der Waals surface area contributed by atoms with E-state index >= 15 is 4.11 Å². The number of rotatable bonds is 8. The van der Waals surface area contributed by atoms with E-state index in [0.29, 0.717) is 35.5 Å². The molecule has 3 amide bonds. The molecule has 4 aliphatic heterocycles. The molecular formula is C39H46FN3O10Si. The first-order chi connectivity index (χ1) is 25.6. The van der Waals surface area contributed by atoms with E-state index in [1.807, 2.05) is 43.3 Å². The quantitative estimate of drug-likeness (QED) is 0.147. The Balaban J connectivity index is 1.11. The van der Waals surface area contributed by atoms with Crippen LogP contribution >= 0.6 is 0 Å². The number of hydrogen-bond acceptors (Lipinski definition) is 10. The van der Waals surface area contributed by atoms with Crippen molar-refractivity contribution in [1.29, 1.82) is 0 Å². The van der Waals surface area contributed by atoms with Gasteiger partial charge in [-0.15, -0.1) is 0 Å². The second kappa shape index (κ2) is 14.5. The predicted molar refractivity (Wildman–Crippen MR) is 196 cm³/mol. The number of benzene rings is 3. The number of aliphatic hydroxyl groups is 5. The zero-order valence-electron chi connectivity index (χ0n) is 30.2. The summed E-state index contributed by atoms with van der Waals surface area (Å²) in [5, 5.41) is 52.5. The average Bonchev–Trinajstić information content (AvgIpc) is 3.58. The molecular weight excluding hydrogens is 718 g/mol. The highest BCUT2D eigenvalue weighted by molar-refractivity contribution is 6.72. The summed E-state index contributed by atoms with van der Waals surface area (Å²) in [6, 6.07) is 21.1. The lowest BCUT2D eigenvalue weighted by Gasteiger charge is -2.37. The number of halogens is 1. The van der Waals surface area contributed by atoms with Gasteiger partial charge in [0.15, 0.2) is 18.0 Å². The van der Waals surface area contributed by atoms with Crippen LogP contribution in [0.1, 0.15) is 35.6 Å². The molecule has 0 saturated carbocycles. The molecule has 0 unspecified atom stereocenters. The van der Waals surface area contributed by atoms with Gasteiger partial charge in [-0.3, -0.25) is 14.4 Å². The molecule has 3 aromatic carbocycles. The van der Waals surface area contributed by atoms with E-state index in [9.17, 15) is 39.9 Å². The number of nitrogens with one attached hydrogen (secondary N) is 1. The molecule has 3 aromatic rings. The van der Waals surface area contributed by atoms with Crippen molar-refractivity contribution in [3.05, 3.63) is 95.1 Å². The highest BCUT2D eigenvalue weighted by Crippen LogP contribution is 2.60. The second-order valence-corrected chi connectivity index (χ2v) is 19.1. The molecule has 0 aliphatic carbocycles. The van der Waals surface area contributed by atoms with E-state index in [2.05, 4.69) is 5.32 Å². The van der Waals surface area contributed by atoms with Crippen molar-refractivity contribution in [3.63, 3.8) is 0 Å². The van der Waals surface area contributed by atoms with Gasteiger partial charge in [0.25, 0.3) is 11.8 Å². The van der Waals surface area contributed by atoms with E-state index < -0.39 is 74.2 Å². The molecule has 4 aliphatic rings. The van der Waals surface area contributed by atoms with Crippen LogP contribution in [0.3, 0.4) is 0 Å². The Kier molecular flexibility index (Phi) is 10.3. The van der Waals surface area contributed by atoms with Crippen LogP contribution < -0.4 is 10.2 Å². The Bertz CT molecular complexity index is 1910. The van der Waals surface area contributed by atoms with Crippen molar-refractivity contribution in [1.82, 2.24) is 4.90 Å². The molecule has 0 aromatic heterocycles. The van der Waals surface area contributed by atoms with Gasteiger partial charge in [0.1, 0.15) is 18.3 Å². The maximum absolute atomic E-state index is 16.4. The number of hydrogen-bond donors (Lipinski definition) is 6. The fraction of sp³-hybridized carbons (Fsp3) is 0.462. The summed E-state index contributed by atoms with van der Waals surface area (Å²) in [6.07, 6.45) is -9.38. The molecule has 4 heterocycles. The molecule has 0 bridgehead atoms. The van der Waals surface area contributed by atoms with Gasteiger partial charge in [0.05, 0.1) is 37.4 Å². The van der Waals surface area contributed by atoms with Crippen LogP contribution in [-0.4, -0.2) is 106 Å². The van der Waals surface area contributed by atoms with E-state index in [0.717, 1.165) is 11.1 Å². The molecule has 2 fully saturated rings. The molecule has 54 heavy (non-hydrogen) atoms. The van der Waals surface area contributed by atoms with Gasteiger partial charge >= 0.3 is 0 Å². The third-order valence-electron chi connectivity index (χ3n) is 11.5. The lowest BCUT2D eigenvalue weighted by atomic mass is 9.82. The highest BCUT2D eigenvalue weighted by Gasteiger charge is 2.67. The lowest BCUT2D eigenvalue weighted by Crippen LogP contribution is -2.60. The van der Waals surface area contributed by atoms with Gasteiger partial charge in [-0.1, -0.05) is 61.5 Å². The van der Waals surface area contributed by atoms with Gasteiger partial charge in [-0.2, -0.15) is 0 Å². The Labute approximate surface area is 313 Å². The number of fused-ring (bicyclic) bond motifs is 3. The van der Waals surface area contributed by atoms with Crippen LogP contribution in [-0.2, 0) is 49.0 Å². The molecule has 7 rings (SSSR count). The maximum Gasteiger partial charge on any atom is 0.264 e. The van der Waals surface area contributed by atoms with Crippen LogP contribution in [0.5, 0.6) is 0 Å². The summed E-state index contributed by atoms with van der Waals surface area (Å²) in [5.41, 5.74) is 2.03. The molecule has 0 radical (unpaired) electrons. The van der Waals surface area contributed by atoms with E-state index in [-0.39, 0.29) is 31.4 Å². The Morgan fingerprint density at radius 1 is 0.944 bits per heavy atom. The molecule has 10 atom stereocenters. The van der Waals surface area contributed by atoms with E-state index in [4.69, 9.17) is 9.47 Å². The van der Waals surface area contributed by atoms with Crippen molar-refractivity contribution in [2.45, 2.75) is 99.9 Å². The van der Waals surface area contributed by atoms with Gasteiger partial charge in [0.2, 0.25) is 14.3 Å². The summed E-state index contributed by atoms with van der Waals surface area (Å²) in [5.74, 6) is -2.09. The first-order valence-corrected chi connectivity index (χ1v) is 21.1. The molecule has 13 nitrogen and oxygen atoms in total. The summed E-state index contributed by atoms with van der Waals surface area (Å²) >= 11 is 0. The minimum absolute atomic E-state index is 0.110. The number of nitrogens with zero attached hydrogens (tertiary/aromatic N) is 2. The van der Waals surface area contributed by atoms with Crippen molar-refractivity contribution in [3.8, 4) is 0 Å². The van der Waals surface area contributed by atoms with Crippen LogP contribution in [0.25, 0.3) is 0 Å². The minimum Gasteiger partial charge on any atom is -0.394 e. The highest BCUT2D eigenvalue weighted by atomic mass is 28.4. The number of amides is 3. The number of carbonyl (C=O) groups is 3. The smallest absolute Gasteiger partial charge is 0.264 e. The fourth-order valence-electron chi connectivity index (χ4n) is 8.86. The van der Waals surface area contributed by atoms with Crippen molar-refractivity contribution in [2.75, 3.05) is 16.8 Å². The first-order valence-electron chi connectivity index (χ1n) is 18.2. The number of para-hydroxylation sites is 1. The van der Waals surface area contributed by atoms with Gasteiger partial charge in [-0.05, 0) is 54.4 Å². The monoisotopic (exact) mass is 763 g/mol. The molecule has 15 heteroatoms. The number of aliphatic hydroxyl groups excluding tert-OH is 5. The third kappa shape index (κ3) is 6.55. The van der Waals surface area contributed by atoms with Gasteiger partial charge < -0.3 is 54.2 Å². The summed E-state index contributed by atoms with van der Waals surface area (Å²) in [6.45, 7) is 5.21. The topological polar surface area (TPSA) is 189 Å². The number of carbonyl (C=O) groups excluding carboxylic acids is 3. The molecule has 6 N–H and O–H groups in total. The summed E-state index contributed by atoms with van der Waals surface area (Å²) < 4.78 is 28.2. The normalized spacial score (nSPS) is 32.1. The maximum atomic E-state index is 16.4. The number of anilines is 2. The fourth-order valence-corrected chi connectivity index (χ4v) is 11.4. The number of ether oxygens (including phenoxy) is 2. The van der Waals surface area contributed by atoms with Gasteiger partial charge in [-0.25, -0.2) is 0 Å². The van der Waals surface area contributed by atoms with Crippen molar-refractivity contribution >= 4 is 37.5 Å². The van der Waals surface area contributed by atoms with Crippen LogP contribution in [0.15, 0.2) is 72.8 Å². The van der Waals surface area contributed by atoms with Gasteiger partial charge in [0, 0.05) is 29.3 Å². The standard InChI is InChI=1S/C39H46FN3O10Si/c1-21-35(54(2,3)40)29(17-30(45)42-19-24-9-5-4-8-23(24)16-26(42)20-44)53-39(21)27-10-6-7-11-28(27)43(38(39)51)18-22-12-14-25(15-13-22)41-36(49)34-32(47)31(46)33(48)37(50)52-34/h4-15,21,26,29,31-35,37,44,46-48,50H,16-20H2,1-3H3,(H,41,49)/t21-,26+,29+,31+,32+,33-,34+,35-,37-,39+/m1/s1. The van der Waals surface area contributed by atoms with Crippen LogP contribution in [0.2, 0.25) is 18.6 Å². The molecule has 288 valence electrons.